The van der Waals surface area contributed by atoms with Crippen LogP contribution in [0.25, 0.3) is 0 Å². The van der Waals surface area contributed by atoms with E-state index in [1.54, 1.807) is 0 Å². The van der Waals surface area contributed by atoms with Gasteiger partial charge in [-0.2, -0.15) is 0 Å². The third kappa shape index (κ3) is 2.47. The molecular formula is C5H12ClFN2. The first kappa shape index (κ1) is 9.14. The summed E-state index contributed by atoms with van der Waals surface area (Å²) in [6.45, 7) is 1.40. The van der Waals surface area contributed by atoms with Gasteiger partial charge in [-0.05, 0) is 13.0 Å². The van der Waals surface area contributed by atoms with Gasteiger partial charge in [0.2, 0.25) is 0 Å². The molecule has 0 aromatic carbocycles. The molecule has 0 bridgehead atoms. The van der Waals surface area contributed by atoms with E-state index in [-0.39, 0.29) is 18.4 Å². The normalized spacial score (nSPS) is 35.3. The van der Waals surface area contributed by atoms with Gasteiger partial charge in [-0.1, -0.05) is 0 Å². The van der Waals surface area contributed by atoms with Gasteiger partial charge in [0.25, 0.3) is 0 Å². The van der Waals surface area contributed by atoms with Crippen molar-refractivity contribution in [3.8, 4) is 0 Å². The molecular weight excluding hydrogens is 143 g/mol. The summed E-state index contributed by atoms with van der Waals surface area (Å²) in [7, 11) is 0. The number of rotatable bonds is 0. The van der Waals surface area contributed by atoms with E-state index in [0.717, 1.165) is 6.54 Å². The summed E-state index contributed by atoms with van der Waals surface area (Å²) in [5.74, 6) is 0. The minimum atomic E-state index is -0.781. The molecule has 0 spiro atoms. The summed E-state index contributed by atoms with van der Waals surface area (Å²) in [5, 5.41) is 3.00. The summed E-state index contributed by atoms with van der Waals surface area (Å²) in [5.41, 5.74) is 5.34. The molecule has 1 aliphatic heterocycles. The Kier molecular flexibility index (Phi) is 4.10. The second-order valence-electron chi connectivity index (χ2n) is 2.17. The minimum Gasteiger partial charge on any atom is -0.324 e. The van der Waals surface area contributed by atoms with Crippen molar-refractivity contribution in [2.24, 2.45) is 5.73 Å². The lowest BCUT2D eigenvalue weighted by Crippen LogP contribution is -2.47. The summed E-state index contributed by atoms with van der Waals surface area (Å²) in [4.78, 5) is 0. The molecule has 1 rings (SSSR count). The highest BCUT2D eigenvalue weighted by Gasteiger charge is 2.19. The molecule has 56 valence electrons. The van der Waals surface area contributed by atoms with Crippen molar-refractivity contribution >= 4 is 12.4 Å². The van der Waals surface area contributed by atoms with Gasteiger partial charge in [-0.3, -0.25) is 0 Å². The molecule has 2 nitrogen and oxygen atoms in total. The Hall–Kier alpha value is 0.140. The number of hydrogen-bond donors (Lipinski definition) is 2. The smallest absolute Gasteiger partial charge is 0.118 e. The Morgan fingerprint density at radius 2 is 2.22 bits per heavy atom. The van der Waals surface area contributed by atoms with Crippen molar-refractivity contribution in [3.63, 3.8) is 0 Å². The molecule has 2 atom stereocenters. The van der Waals surface area contributed by atoms with Crippen LogP contribution in [0.1, 0.15) is 6.42 Å². The fourth-order valence-electron chi connectivity index (χ4n) is 0.851. The Balaban J connectivity index is 0.000000640. The van der Waals surface area contributed by atoms with Crippen molar-refractivity contribution in [2.75, 3.05) is 13.1 Å². The molecule has 0 amide bonds. The first-order valence-corrected chi connectivity index (χ1v) is 2.91. The molecule has 0 radical (unpaired) electrons. The largest absolute Gasteiger partial charge is 0.324 e. The van der Waals surface area contributed by atoms with E-state index in [1.165, 1.54) is 0 Å². The van der Waals surface area contributed by atoms with E-state index >= 15 is 0 Å². The van der Waals surface area contributed by atoms with Gasteiger partial charge in [0.1, 0.15) is 6.17 Å². The average molecular weight is 155 g/mol. The number of piperidine rings is 1. The predicted octanol–water partition coefficient (Wildman–Crippen LogP) is 0.0669. The fourth-order valence-corrected chi connectivity index (χ4v) is 0.851. The van der Waals surface area contributed by atoms with E-state index in [2.05, 4.69) is 5.32 Å². The fraction of sp³-hybridized carbons (Fsp3) is 1.00. The maximum Gasteiger partial charge on any atom is 0.118 e. The lowest BCUT2D eigenvalue weighted by Gasteiger charge is -2.22. The zero-order valence-corrected chi connectivity index (χ0v) is 5.96. The predicted molar refractivity (Wildman–Crippen MR) is 37.6 cm³/mol. The molecule has 1 aliphatic rings. The van der Waals surface area contributed by atoms with Gasteiger partial charge in [-0.15, -0.1) is 12.4 Å². The highest BCUT2D eigenvalue weighted by atomic mass is 35.5. The van der Waals surface area contributed by atoms with Crippen LogP contribution in [0.2, 0.25) is 0 Å². The number of nitrogens with one attached hydrogen (secondary N) is 1. The lowest BCUT2D eigenvalue weighted by atomic mass is 10.1. The first-order chi connectivity index (χ1) is 3.80. The Bertz CT molecular complexity index is 71.4. The van der Waals surface area contributed by atoms with Crippen molar-refractivity contribution < 1.29 is 4.39 Å². The summed E-state index contributed by atoms with van der Waals surface area (Å²) in [6.07, 6.45) is -0.211. The van der Waals surface area contributed by atoms with E-state index in [1.807, 2.05) is 0 Å². The van der Waals surface area contributed by atoms with Gasteiger partial charge >= 0.3 is 0 Å². The second kappa shape index (κ2) is 4.04. The van der Waals surface area contributed by atoms with Crippen LogP contribution < -0.4 is 11.1 Å². The molecule has 4 heteroatoms. The van der Waals surface area contributed by atoms with Gasteiger partial charge in [0, 0.05) is 12.6 Å². The molecule has 3 N–H and O–H groups in total. The monoisotopic (exact) mass is 154 g/mol. The van der Waals surface area contributed by atoms with Gasteiger partial charge < -0.3 is 11.1 Å². The number of hydrogen-bond acceptors (Lipinski definition) is 2. The molecule has 0 aliphatic carbocycles. The van der Waals surface area contributed by atoms with Crippen LogP contribution in [0.3, 0.4) is 0 Å². The van der Waals surface area contributed by atoms with E-state index < -0.39 is 6.17 Å². The van der Waals surface area contributed by atoms with Crippen molar-refractivity contribution in [1.29, 1.82) is 0 Å². The molecule has 1 saturated heterocycles. The molecule has 9 heavy (non-hydrogen) atoms. The maximum absolute atomic E-state index is 12.4. The minimum absolute atomic E-state index is 0. The molecule has 0 aromatic rings. The van der Waals surface area contributed by atoms with Crippen LogP contribution in [-0.4, -0.2) is 25.3 Å². The molecule has 1 heterocycles. The third-order valence-corrected chi connectivity index (χ3v) is 1.44. The van der Waals surface area contributed by atoms with Crippen LogP contribution in [0.15, 0.2) is 0 Å². The topological polar surface area (TPSA) is 38.0 Å². The van der Waals surface area contributed by atoms with Crippen molar-refractivity contribution in [2.45, 2.75) is 18.6 Å². The molecule has 0 unspecified atom stereocenters. The summed E-state index contributed by atoms with van der Waals surface area (Å²) >= 11 is 0. The Labute approximate surface area is 60.4 Å². The Morgan fingerprint density at radius 1 is 1.56 bits per heavy atom. The number of alkyl halides is 1. The average Bonchev–Trinajstić information content (AvgIpc) is 1.77. The molecule has 1 fully saturated rings. The molecule has 0 aromatic heterocycles. The number of halogens is 2. The molecule has 0 saturated carbocycles. The maximum atomic E-state index is 12.4. The Morgan fingerprint density at radius 3 is 2.56 bits per heavy atom. The SMILES string of the molecule is Cl.N[C@@H]1CNCC[C@@H]1F. The third-order valence-electron chi connectivity index (χ3n) is 1.44. The van der Waals surface area contributed by atoms with Crippen molar-refractivity contribution in [3.05, 3.63) is 0 Å². The zero-order valence-electron chi connectivity index (χ0n) is 5.14. The first-order valence-electron chi connectivity index (χ1n) is 2.91. The quantitative estimate of drug-likeness (QED) is 0.518. The summed E-state index contributed by atoms with van der Waals surface area (Å²) in [6, 6.07) is -0.274. The van der Waals surface area contributed by atoms with Crippen molar-refractivity contribution in [1.82, 2.24) is 5.32 Å². The standard InChI is InChI=1S/C5H11FN2.ClH/c6-4-1-2-8-3-5(4)7;/h4-5,8H,1-3,7H2;1H/t4-,5+;/m0./s1. The van der Waals surface area contributed by atoms with Gasteiger partial charge in [-0.25, -0.2) is 4.39 Å². The lowest BCUT2D eigenvalue weighted by molar-refractivity contribution is 0.229. The number of nitrogens with two attached hydrogens (primary N) is 1. The van der Waals surface area contributed by atoms with Gasteiger partial charge in [0.15, 0.2) is 0 Å². The second-order valence-corrected chi connectivity index (χ2v) is 2.17. The van der Waals surface area contributed by atoms with Crippen LogP contribution >= 0.6 is 12.4 Å². The van der Waals surface area contributed by atoms with E-state index in [0.29, 0.717) is 13.0 Å². The van der Waals surface area contributed by atoms with Crippen LogP contribution in [0, 0.1) is 0 Å². The zero-order chi connectivity index (χ0) is 5.98. The van der Waals surface area contributed by atoms with Crippen LogP contribution in [0.4, 0.5) is 4.39 Å². The highest BCUT2D eigenvalue weighted by molar-refractivity contribution is 5.85. The van der Waals surface area contributed by atoms with E-state index in [4.69, 9.17) is 5.73 Å². The van der Waals surface area contributed by atoms with Crippen LogP contribution in [-0.2, 0) is 0 Å². The van der Waals surface area contributed by atoms with E-state index in [9.17, 15) is 4.39 Å². The van der Waals surface area contributed by atoms with Crippen LogP contribution in [0.5, 0.6) is 0 Å². The summed E-state index contributed by atoms with van der Waals surface area (Å²) < 4.78 is 12.4. The highest BCUT2D eigenvalue weighted by Crippen LogP contribution is 2.04. The van der Waals surface area contributed by atoms with Gasteiger partial charge in [0.05, 0.1) is 0 Å².